The van der Waals surface area contributed by atoms with E-state index in [4.69, 9.17) is 4.74 Å². The SMILES string of the molecule is O=C(Nc1cc(-c2ccc(C3CNCCO3)cc2)[nH]n1)c1ccc(F)cc1. The molecule has 1 aliphatic rings. The molecule has 0 saturated carbocycles. The van der Waals surface area contributed by atoms with Crippen LogP contribution in [0.5, 0.6) is 0 Å². The van der Waals surface area contributed by atoms with Crippen LogP contribution in [0, 0.1) is 5.82 Å². The first-order valence-electron chi connectivity index (χ1n) is 8.74. The van der Waals surface area contributed by atoms with E-state index in [1.165, 1.54) is 24.3 Å². The second kappa shape index (κ2) is 7.69. The molecule has 1 amide bonds. The Balaban J connectivity index is 1.44. The number of hydrogen-bond acceptors (Lipinski definition) is 4. The third kappa shape index (κ3) is 4.05. The van der Waals surface area contributed by atoms with Crippen LogP contribution in [0.2, 0.25) is 0 Å². The van der Waals surface area contributed by atoms with Crippen molar-refractivity contribution in [2.45, 2.75) is 6.10 Å². The van der Waals surface area contributed by atoms with E-state index < -0.39 is 0 Å². The molecule has 3 aromatic rings. The number of carbonyl (C=O) groups is 1. The molecule has 1 aliphatic heterocycles. The molecule has 6 nitrogen and oxygen atoms in total. The second-order valence-electron chi connectivity index (χ2n) is 6.31. The maximum atomic E-state index is 13.0. The van der Waals surface area contributed by atoms with Crippen molar-refractivity contribution in [1.82, 2.24) is 15.5 Å². The van der Waals surface area contributed by atoms with Crippen molar-refractivity contribution in [1.29, 1.82) is 0 Å². The van der Waals surface area contributed by atoms with Gasteiger partial charge in [0, 0.05) is 24.7 Å². The summed E-state index contributed by atoms with van der Waals surface area (Å²) in [5.74, 6) is -0.319. The highest BCUT2D eigenvalue weighted by molar-refractivity contribution is 6.03. The summed E-state index contributed by atoms with van der Waals surface area (Å²) in [4.78, 5) is 12.2. The largest absolute Gasteiger partial charge is 0.371 e. The maximum Gasteiger partial charge on any atom is 0.256 e. The third-order valence-electron chi connectivity index (χ3n) is 4.45. The Kier molecular flexibility index (Phi) is 4.95. The normalized spacial score (nSPS) is 16.9. The van der Waals surface area contributed by atoms with Crippen LogP contribution in [0.15, 0.2) is 54.6 Å². The summed E-state index contributed by atoms with van der Waals surface area (Å²) in [5.41, 5.74) is 3.23. The van der Waals surface area contributed by atoms with Crippen LogP contribution in [0.4, 0.5) is 10.2 Å². The molecule has 1 atom stereocenters. The first-order valence-corrected chi connectivity index (χ1v) is 8.74. The van der Waals surface area contributed by atoms with Crippen molar-refractivity contribution in [2.75, 3.05) is 25.0 Å². The molecule has 4 rings (SSSR count). The molecule has 0 radical (unpaired) electrons. The van der Waals surface area contributed by atoms with Gasteiger partial charge in [0.1, 0.15) is 5.82 Å². The number of aromatic nitrogens is 2. The van der Waals surface area contributed by atoms with Crippen LogP contribution in [0.3, 0.4) is 0 Å². The van der Waals surface area contributed by atoms with Gasteiger partial charge in [-0.25, -0.2) is 4.39 Å². The van der Waals surface area contributed by atoms with E-state index in [1.807, 2.05) is 24.3 Å². The highest BCUT2D eigenvalue weighted by Gasteiger charge is 2.16. The molecule has 1 fully saturated rings. The van der Waals surface area contributed by atoms with Crippen molar-refractivity contribution < 1.29 is 13.9 Å². The van der Waals surface area contributed by atoms with Crippen molar-refractivity contribution >= 4 is 11.7 Å². The zero-order valence-corrected chi connectivity index (χ0v) is 14.5. The molecule has 0 spiro atoms. The molecule has 1 saturated heterocycles. The summed E-state index contributed by atoms with van der Waals surface area (Å²) in [6, 6.07) is 15.2. The minimum Gasteiger partial charge on any atom is -0.371 e. The summed E-state index contributed by atoms with van der Waals surface area (Å²) < 4.78 is 18.7. The van der Waals surface area contributed by atoms with Gasteiger partial charge in [-0.05, 0) is 35.4 Å². The molecule has 7 heteroatoms. The molecular weight excluding hydrogens is 347 g/mol. The number of carbonyl (C=O) groups excluding carboxylic acids is 1. The molecule has 1 aromatic heterocycles. The molecule has 1 unspecified atom stereocenters. The lowest BCUT2D eigenvalue weighted by Gasteiger charge is -2.24. The number of amides is 1. The van der Waals surface area contributed by atoms with Gasteiger partial charge in [0.15, 0.2) is 5.82 Å². The zero-order valence-electron chi connectivity index (χ0n) is 14.5. The van der Waals surface area contributed by atoms with E-state index in [0.717, 1.165) is 29.9 Å². The van der Waals surface area contributed by atoms with Crippen molar-refractivity contribution in [3.63, 3.8) is 0 Å². The number of aromatic amines is 1. The number of morpholine rings is 1. The average molecular weight is 366 g/mol. The van der Waals surface area contributed by atoms with Crippen LogP contribution in [0.25, 0.3) is 11.3 Å². The van der Waals surface area contributed by atoms with Gasteiger partial charge in [0.05, 0.1) is 18.4 Å². The molecule has 2 aromatic carbocycles. The quantitative estimate of drug-likeness (QED) is 0.663. The maximum absolute atomic E-state index is 13.0. The van der Waals surface area contributed by atoms with Crippen LogP contribution < -0.4 is 10.6 Å². The van der Waals surface area contributed by atoms with E-state index >= 15 is 0 Å². The fourth-order valence-corrected chi connectivity index (χ4v) is 2.98. The smallest absolute Gasteiger partial charge is 0.256 e. The Morgan fingerprint density at radius 2 is 1.93 bits per heavy atom. The Labute approximate surface area is 155 Å². The van der Waals surface area contributed by atoms with E-state index in [9.17, 15) is 9.18 Å². The predicted octanol–water partition coefficient (Wildman–Crippen LogP) is 3.13. The molecule has 0 bridgehead atoms. The number of halogens is 1. The fourth-order valence-electron chi connectivity index (χ4n) is 2.98. The molecule has 0 aliphatic carbocycles. The lowest BCUT2D eigenvalue weighted by atomic mass is 10.0. The number of nitrogens with one attached hydrogen (secondary N) is 3. The Morgan fingerprint density at radius 3 is 2.63 bits per heavy atom. The highest BCUT2D eigenvalue weighted by atomic mass is 19.1. The molecule has 2 heterocycles. The number of ether oxygens (including phenoxy) is 1. The average Bonchev–Trinajstić information content (AvgIpc) is 3.18. The number of H-pyrrole nitrogens is 1. The van der Waals surface area contributed by atoms with Gasteiger partial charge in [0.25, 0.3) is 5.91 Å². The number of rotatable bonds is 4. The summed E-state index contributed by atoms with van der Waals surface area (Å²) in [6.07, 6.45) is 0.0696. The minimum atomic E-state index is -0.383. The van der Waals surface area contributed by atoms with Gasteiger partial charge >= 0.3 is 0 Å². The van der Waals surface area contributed by atoms with E-state index in [2.05, 4.69) is 20.8 Å². The van der Waals surface area contributed by atoms with Gasteiger partial charge in [0.2, 0.25) is 0 Å². The predicted molar refractivity (Wildman–Crippen MR) is 99.9 cm³/mol. The number of nitrogens with zero attached hydrogens (tertiary/aromatic N) is 1. The third-order valence-corrected chi connectivity index (χ3v) is 4.45. The van der Waals surface area contributed by atoms with E-state index in [0.29, 0.717) is 18.0 Å². The van der Waals surface area contributed by atoms with Crippen LogP contribution in [-0.2, 0) is 4.74 Å². The number of benzene rings is 2. The number of anilines is 1. The topological polar surface area (TPSA) is 79.0 Å². The van der Waals surface area contributed by atoms with Crippen molar-refractivity contribution in [3.05, 3.63) is 71.5 Å². The first-order chi connectivity index (χ1) is 13.2. The minimum absolute atomic E-state index is 0.0696. The Hall–Kier alpha value is -3.03. The highest BCUT2D eigenvalue weighted by Crippen LogP contribution is 2.24. The van der Waals surface area contributed by atoms with E-state index in [1.54, 1.807) is 6.07 Å². The molecule has 3 N–H and O–H groups in total. The zero-order chi connectivity index (χ0) is 18.6. The van der Waals surface area contributed by atoms with Crippen molar-refractivity contribution in [3.8, 4) is 11.3 Å². The Morgan fingerprint density at radius 1 is 1.15 bits per heavy atom. The summed E-state index contributed by atoms with van der Waals surface area (Å²) >= 11 is 0. The van der Waals surface area contributed by atoms with Crippen LogP contribution in [-0.4, -0.2) is 35.8 Å². The lowest BCUT2D eigenvalue weighted by Crippen LogP contribution is -2.33. The molecule has 138 valence electrons. The molecule has 27 heavy (non-hydrogen) atoms. The summed E-state index contributed by atoms with van der Waals surface area (Å²) in [5, 5.41) is 13.1. The summed E-state index contributed by atoms with van der Waals surface area (Å²) in [6.45, 7) is 2.40. The standard InChI is InChI=1S/C20H19FN4O2/c21-16-7-5-15(6-8-16)20(26)23-19-11-17(24-25-19)13-1-3-14(4-2-13)18-12-22-9-10-27-18/h1-8,11,18,22H,9-10,12H2,(H2,23,24,25,26). The van der Waals surface area contributed by atoms with Crippen molar-refractivity contribution in [2.24, 2.45) is 0 Å². The van der Waals surface area contributed by atoms with Gasteiger partial charge in [-0.15, -0.1) is 0 Å². The monoisotopic (exact) mass is 366 g/mol. The molecular formula is C20H19FN4O2. The van der Waals surface area contributed by atoms with Crippen LogP contribution >= 0.6 is 0 Å². The lowest BCUT2D eigenvalue weighted by molar-refractivity contribution is 0.0277. The summed E-state index contributed by atoms with van der Waals surface area (Å²) in [7, 11) is 0. The van der Waals surface area contributed by atoms with E-state index in [-0.39, 0.29) is 17.8 Å². The second-order valence-corrected chi connectivity index (χ2v) is 6.31. The van der Waals surface area contributed by atoms with Gasteiger partial charge in [-0.3, -0.25) is 9.89 Å². The van der Waals surface area contributed by atoms with Gasteiger partial charge in [-0.2, -0.15) is 5.10 Å². The van der Waals surface area contributed by atoms with Gasteiger partial charge in [-0.1, -0.05) is 24.3 Å². The fraction of sp³-hybridized carbons (Fsp3) is 0.200. The Bertz CT molecular complexity index is 916. The number of hydrogen-bond donors (Lipinski definition) is 3. The van der Waals surface area contributed by atoms with Gasteiger partial charge < -0.3 is 15.4 Å². The first kappa shape index (κ1) is 17.4. The van der Waals surface area contributed by atoms with Crippen LogP contribution in [0.1, 0.15) is 22.0 Å².